The summed E-state index contributed by atoms with van der Waals surface area (Å²) in [5.74, 6) is 1.24. The number of nitrogens with zero attached hydrogens (tertiary/aromatic N) is 4. The second-order valence-electron chi connectivity index (χ2n) is 9.47. The maximum Gasteiger partial charge on any atom is 0.258 e. The van der Waals surface area contributed by atoms with E-state index in [-0.39, 0.29) is 11.8 Å². The van der Waals surface area contributed by atoms with Gasteiger partial charge in [0.05, 0.1) is 0 Å². The van der Waals surface area contributed by atoms with Crippen molar-refractivity contribution in [1.82, 2.24) is 25.3 Å². The number of hydrogen-bond donors (Lipinski definition) is 1. The molecule has 0 aliphatic carbocycles. The van der Waals surface area contributed by atoms with E-state index in [2.05, 4.69) is 46.3 Å². The van der Waals surface area contributed by atoms with Crippen LogP contribution in [0, 0.1) is 5.92 Å². The fourth-order valence-electron chi connectivity index (χ4n) is 4.39. The van der Waals surface area contributed by atoms with Crippen molar-refractivity contribution in [1.29, 1.82) is 0 Å². The van der Waals surface area contributed by atoms with Crippen LogP contribution in [0.3, 0.4) is 0 Å². The highest BCUT2D eigenvalue weighted by Gasteiger charge is 2.28. The molecule has 8 heteroatoms. The van der Waals surface area contributed by atoms with Crippen LogP contribution in [0.5, 0.6) is 0 Å². The maximum atomic E-state index is 13.0. The summed E-state index contributed by atoms with van der Waals surface area (Å²) < 4.78 is 5.46. The van der Waals surface area contributed by atoms with Crippen LogP contribution >= 0.6 is 0 Å². The lowest BCUT2D eigenvalue weighted by atomic mass is 10.0. The van der Waals surface area contributed by atoms with Gasteiger partial charge in [0, 0.05) is 50.8 Å². The van der Waals surface area contributed by atoms with Crippen molar-refractivity contribution in [2.24, 2.45) is 5.92 Å². The van der Waals surface area contributed by atoms with Gasteiger partial charge >= 0.3 is 0 Å². The van der Waals surface area contributed by atoms with Gasteiger partial charge in [0.2, 0.25) is 17.6 Å². The van der Waals surface area contributed by atoms with Crippen LogP contribution in [0.4, 0.5) is 0 Å². The maximum absolute atomic E-state index is 13.0. The molecule has 1 aliphatic heterocycles. The SMILES string of the molecule is CC(=O)N[C@H](CC(C)C)C(=O)N1CCN(Cc2cccc(-c3noc(-c4ccccc4)n3)c2)CC1. The van der Waals surface area contributed by atoms with Gasteiger partial charge in [-0.05, 0) is 36.1 Å². The average molecular weight is 476 g/mol. The highest BCUT2D eigenvalue weighted by molar-refractivity contribution is 5.87. The second kappa shape index (κ2) is 11.3. The first-order valence-electron chi connectivity index (χ1n) is 12.2. The molecular weight excluding hydrogens is 442 g/mol. The fraction of sp³-hybridized carbons (Fsp3) is 0.407. The van der Waals surface area contributed by atoms with Crippen LogP contribution in [0.2, 0.25) is 0 Å². The third kappa shape index (κ3) is 6.54. The molecule has 0 saturated carbocycles. The van der Waals surface area contributed by atoms with Crippen LogP contribution in [0.15, 0.2) is 59.1 Å². The summed E-state index contributed by atoms with van der Waals surface area (Å²) in [6.45, 7) is 9.23. The first-order chi connectivity index (χ1) is 16.9. The number of rotatable bonds is 8. The van der Waals surface area contributed by atoms with Crippen LogP contribution in [-0.4, -0.2) is 64.0 Å². The Bertz CT molecular complexity index is 1140. The van der Waals surface area contributed by atoms with Crippen LogP contribution in [0.1, 0.15) is 32.8 Å². The molecule has 0 spiro atoms. The van der Waals surface area contributed by atoms with Gasteiger partial charge in [-0.3, -0.25) is 14.5 Å². The summed E-state index contributed by atoms with van der Waals surface area (Å²) in [6.07, 6.45) is 0.646. The molecule has 2 heterocycles. The summed E-state index contributed by atoms with van der Waals surface area (Å²) in [5.41, 5.74) is 2.96. The number of nitrogens with one attached hydrogen (secondary N) is 1. The Balaban J connectivity index is 1.35. The van der Waals surface area contributed by atoms with Gasteiger partial charge in [-0.15, -0.1) is 0 Å². The Morgan fingerprint density at radius 2 is 1.71 bits per heavy atom. The quantitative estimate of drug-likeness (QED) is 0.535. The van der Waals surface area contributed by atoms with Crippen molar-refractivity contribution in [2.45, 2.75) is 39.8 Å². The standard InChI is InChI=1S/C27H33N5O3/c1-19(2)16-24(28-20(3)33)27(34)32-14-12-31(13-15-32)18-21-8-7-11-23(17-21)25-29-26(35-30-25)22-9-5-4-6-10-22/h4-11,17,19,24H,12-16,18H2,1-3H3,(H,28,33)/t24-/m1/s1. The zero-order valence-corrected chi connectivity index (χ0v) is 20.6. The lowest BCUT2D eigenvalue weighted by molar-refractivity contribution is -0.138. The van der Waals surface area contributed by atoms with E-state index in [0.717, 1.165) is 36.3 Å². The van der Waals surface area contributed by atoms with Gasteiger partial charge in [-0.2, -0.15) is 4.98 Å². The van der Waals surface area contributed by atoms with Gasteiger partial charge in [-0.1, -0.05) is 55.4 Å². The molecule has 0 unspecified atom stereocenters. The number of carbonyl (C=O) groups excluding carboxylic acids is 2. The zero-order chi connectivity index (χ0) is 24.8. The Hall–Kier alpha value is -3.52. The van der Waals surface area contributed by atoms with Crippen molar-refractivity contribution in [2.75, 3.05) is 26.2 Å². The minimum Gasteiger partial charge on any atom is -0.345 e. The van der Waals surface area contributed by atoms with E-state index in [1.165, 1.54) is 6.92 Å². The predicted molar refractivity (Wildman–Crippen MR) is 134 cm³/mol. The summed E-state index contributed by atoms with van der Waals surface area (Å²) in [6, 6.07) is 17.4. The number of benzene rings is 2. The summed E-state index contributed by atoms with van der Waals surface area (Å²) in [7, 11) is 0. The third-order valence-corrected chi connectivity index (χ3v) is 6.10. The lowest BCUT2D eigenvalue weighted by Crippen LogP contribution is -2.54. The Kier molecular flexibility index (Phi) is 7.92. The molecule has 8 nitrogen and oxygen atoms in total. The van der Waals surface area contributed by atoms with E-state index < -0.39 is 6.04 Å². The molecule has 3 aromatic rings. The van der Waals surface area contributed by atoms with Crippen LogP contribution in [0.25, 0.3) is 22.8 Å². The molecule has 1 N–H and O–H groups in total. The molecule has 35 heavy (non-hydrogen) atoms. The van der Waals surface area contributed by atoms with Crippen molar-refractivity contribution in [3.63, 3.8) is 0 Å². The molecule has 1 aliphatic rings. The summed E-state index contributed by atoms with van der Waals surface area (Å²) >= 11 is 0. The normalized spacial score (nSPS) is 15.3. The molecule has 0 radical (unpaired) electrons. The molecule has 1 saturated heterocycles. The van der Waals surface area contributed by atoms with Gasteiger partial charge < -0.3 is 14.7 Å². The van der Waals surface area contributed by atoms with Gasteiger partial charge in [0.15, 0.2) is 0 Å². The minimum absolute atomic E-state index is 0.0156. The van der Waals surface area contributed by atoms with Gasteiger partial charge in [-0.25, -0.2) is 0 Å². The zero-order valence-electron chi connectivity index (χ0n) is 20.6. The molecular formula is C27H33N5O3. The van der Waals surface area contributed by atoms with E-state index in [4.69, 9.17) is 4.52 Å². The van der Waals surface area contributed by atoms with E-state index in [1.54, 1.807) is 0 Å². The Morgan fingerprint density at radius 3 is 2.40 bits per heavy atom. The molecule has 1 aromatic heterocycles. The first kappa shape index (κ1) is 24.6. The van der Waals surface area contributed by atoms with E-state index in [9.17, 15) is 9.59 Å². The molecule has 1 atom stereocenters. The molecule has 0 bridgehead atoms. The highest BCUT2D eigenvalue weighted by atomic mass is 16.5. The van der Waals surface area contributed by atoms with Crippen molar-refractivity contribution < 1.29 is 14.1 Å². The van der Waals surface area contributed by atoms with Gasteiger partial charge in [0.25, 0.3) is 5.89 Å². The van der Waals surface area contributed by atoms with Crippen LogP contribution < -0.4 is 5.32 Å². The van der Waals surface area contributed by atoms with E-state index >= 15 is 0 Å². The lowest BCUT2D eigenvalue weighted by Gasteiger charge is -2.36. The number of amides is 2. The number of carbonyl (C=O) groups is 2. The van der Waals surface area contributed by atoms with E-state index in [1.807, 2.05) is 47.4 Å². The highest BCUT2D eigenvalue weighted by Crippen LogP contribution is 2.23. The van der Waals surface area contributed by atoms with Crippen molar-refractivity contribution in [3.05, 3.63) is 60.2 Å². The number of hydrogen-bond acceptors (Lipinski definition) is 6. The fourth-order valence-corrected chi connectivity index (χ4v) is 4.39. The van der Waals surface area contributed by atoms with Gasteiger partial charge in [0.1, 0.15) is 6.04 Å². The number of aromatic nitrogens is 2. The number of piperazine rings is 1. The predicted octanol–water partition coefficient (Wildman–Crippen LogP) is 3.60. The molecule has 4 rings (SSSR count). The second-order valence-corrected chi connectivity index (χ2v) is 9.47. The monoisotopic (exact) mass is 475 g/mol. The molecule has 1 fully saturated rings. The third-order valence-electron chi connectivity index (χ3n) is 6.10. The minimum atomic E-state index is -0.452. The largest absolute Gasteiger partial charge is 0.345 e. The Labute approximate surface area is 206 Å². The summed E-state index contributed by atoms with van der Waals surface area (Å²) in [4.78, 5) is 33.4. The van der Waals surface area contributed by atoms with Crippen molar-refractivity contribution >= 4 is 11.8 Å². The average Bonchev–Trinajstić information content (AvgIpc) is 3.34. The van der Waals surface area contributed by atoms with Crippen molar-refractivity contribution in [3.8, 4) is 22.8 Å². The smallest absolute Gasteiger partial charge is 0.258 e. The molecule has 184 valence electrons. The topological polar surface area (TPSA) is 91.6 Å². The first-order valence-corrected chi connectivity index (χ1v) is 12.2. The van der Waals surface area contributed by atoms with Crippen LogP contribution in [-0.2, 0) is 16.1 Å². The Morgan fingerprint density at radius 1 is 1.00 bits per heavy atom. The van der Waals surface area contributed by atoms with E-state index in [0.29, 0.717) is 37.1 Å². The summed E-state index contributed by atoms with van der Waals surface area (Å²) in [5, 5.41) is 6.99. The molecule has 2 aromatic carbocycles. The molecule has 2 amide bonds.